The first-order valence-electron chi connectivity index (χ1n) is 14.7. The van der Waals surface area contributed by atoms with E-state index in [1.807, 2.05) is 0 Å². The van der Waals surface area contributed by atoms with E-state index in [4.69, 9.17) is 4.74 Å². The Morgan fingerprint density at radius 1 is 0.581 bits per heavy atom. The van der Waals surface area contributed by atoms with Gasteiger partial charge in [0.2, 0.25) is 0 Å². The van der Waals surface area contributed by atoms with Crippen molar-refractivity contribution in [1.29, 1.82) is 0 Å². The molecule has 2 aromatic heterocycles. The molecule has 204 valence electrons. The second kappa shape index (κ2) is 9.48. The number of rotatable bonds is 3. The van der Waals surface area contributed by atoms with Gasteiger partial charge in [-0.25, -0.2) is 0 Å². The maximum atomic E-state index is 6.69. The van der Waals surface area contributed by atoms with Gasteiger partial charge in [0.25, 0.3) is 0 Å². The summed E-state index contributed by atoms with van der Waals surface area (Å²) < 4.78 is 6.69. The minimum absolute atomic E-state index is 0.434. The average molecular weight is 571 g/mol. The number of thiophene rings is 1. The molecule has 1 spiro atoms. The van der Waals surface area contributed by atoms with Gasteiger partial charge in [0.15, 0.2) is 0 Å². The van der Waals surface area contributed by atoms with Crippen LogP contribution in [0.1, 0.15) is 40.8 Å². The molecular formula is C39H26N2OS. The molecule has 0 bridgehead atoms. The fourth-order valence-corrected chi connectivity index (χ4v) is 8.03. The van der Waals surface area contributed by atoms with Crippen molar-refractivity contribution in [3.8, 4) is 43.6 Å². The maximum absolute atomic E-state index is 6.69. The van der Waals surface area contributed by atoms with Gasteiger partial charge in [-0.3, -0.25) is 0 Å². The highest BCUT2D eigenvalue weighted by atomic mass is 32.1. The highest BCUT2D eigenvalue weighted by Crippen LogP contribution is 2.62. The lowest BCUT2D eigenvalue weighted by Crippen LogP contribution is -2.32. The summed E-state index contributed by atoms with van der Waals surface area (Å²) in [7, 11) is 0. The maximum Gasteiger partial charge on any atom is 0.132 e. The molecule has 0 saturated carbocycles. The number of ether oxygens (including phenoxy) is 1. The lowest BCUT2D eigenvalue weighted by molar-refractivity contribution is 0.436. The van der Waals surface area contributed by atoms with Crippen LogP contribution in [0.15, 0.2) is 133 Å². The minimum Gasteiger partial charge on any atom is -0.457 e. The van der Waals surface area contributed by atoms with Crippen molar-refractivity contribution < 1.29 is 4.74 Å². The zero-order chi connectivity index (χ0) is 28.4. The van der Waals surface area contributed by atoms with Gasteiger partial charge in [-0.05, 0) is 82.6 Å². The van der Waals surface area contributed by atoms with Gasteiger partial charge in [0.05, 0.1) is 16.0 Å². The SMILES string of the molecule is C1=CC(c2ccc(-c3ccc(-c4ccc5c(c4)Oc4ccccc4C54c5ccccc5-c5ccccc54)s3)nn2)=CCC1. The molecule has 9 rings (SSSR count). The second-order valence-electron chi connectivity index (χ2n) is 11.3. The molecule has 2 aliphatic carbocycles. The summed E-state index contributed by atoms with van der Waals surface area (Å²) in [6.45, 7) is 0. The fraction of sp³-hybridized carbons (Fsp3) is 0.0769. The number of nitrogens with zero attached hydrogens (tertiary/aromatic N) is 2. The van der Waals surface area contributed by atoms with Crippen molar-refractivity contribution in [2.75, 3.05) is 0 Å². The van der Waals surface area contributed by atoms with E-state index in [0.717, 1.165) is 51.7 Å². The van der Waals surface area contributed by atoms with Gasteiger partial charge in [-0.2, -0.15) is 0 Å². The molecule has 43 heavy (non-hydrogen) atoms. The Labute approximate surface area is 254 Å². The van der Waals surface area contributed by atoms with Crippen LogP contribution >= 0.6 is 11.3 Å². The highest BCUT2D eigenvalue weighted by molar-refractivity contribution is 7.18. The molecule has 0 unspecified atom stereocenters. The molecule has 6 aromatic rings. The molecule has 3 heterocycles. The van der Waals surface area contributed by atoms with E-state index >= 15 is 0 Å². The lowest BCUT2D eigenvalue weighted by Gasteiger charge is -2.39. The summed E-state index contributed by atoms with van der Waals surface area (Å²) >= 11 is 1.73. The molecule has 0 atom stereocenters. The third-order valence-corrected chi connectivity index (χ3v) is 10.1. The van der Waals surface area contributed by atoms with Crippen LogP contribution in [0.4, 0.5) is 0 Å². The Bertz CT molecular complexity index is 2070. The van der Waals surface area contributed by atoms with E-state index < -0.39 is 5.41 Å². The van der Waals surface area contributed by atoms with Gasteiger partial charge >= 0.3 is 0 Å². The Kier molecular flexibility index (Phi) is 5.41. The van der Waals surface area contributed by atoms with Crippen LogP contribution < -0.4 is 4.74 Å². The highest BCUT2D eigenvalue weighted by Gasteiger charge is 2.50. The second-order valence-corrected chi connectivity index (χ2v) is 12.3. The van der Waals surface area contributed by atoms with Crippen LogP contribution in [0.5, 0.6) is 11.5 Å². The Morgan fingerprint density at radius 3 is 2.00 bits per heavy atom. The van der Waals surface area contributed by atoms with E-state index in [9.17, 15) is 0 Å². The first-order chi connectivity index (χ1) is 21.3. The number of hydrogen-bond acceptors (Lipinski definition) is 4. The Balaban J connectivity index is 1.15. The van der Waals surface area contributed by atoms with Gasteiger partial charge in [0, 0.05) is 16.0 Å². The van der Waals surface area contributed by atoms with Gasteiger partial charge in [0.1, 0.15) is 17.2 Å². The van der Waals surface area contributed by atoms with Crippen molar-refractivity contribution >= 4 is 16.9 Å². The molecule has 1 aliphatic heterocycles. The molecule has 0 amide bonds. The van der Waals surface area contributed by atoms with Crippen LogP contribution in [-0.4, -0.2) is 10.2 Å². The van der Waals surface area contributed by atoms with E-state index in [-0.39, 0.29) is 0 Å². The number of fused-ring (bicyclic) bond motifs is 9. The van der Waals surface area contributed by atoms with Crippen LogP contribution in [0.25, 0.3) is 37.7 Å². The molecule has 4 aromatic carbocycles. The monoisotopic (exact) mass is 570 g/mol. The third-order valence-electron chi connectivity index (χ3n) is 8.95. The molecule has 3 aliphatic rings. The largest absolute Gasteiger partial charge is 0.457 e. The van der Waals surface area contributed by atoms with Gasteiger partial charge < -0.3 is 4.74 Å². The topological polar surface area (TPSA) is 35.0 Å². The summed E-state index contributed by atoms with van der Waals surface area (Å²) in [5.41, 5.74) is 11.2. The summed E-state index contributed by atoms with van der Waals surface area (Å²) in [6.07, 6.45) is 8.72. The van der Waals surface area contributed by atoms with E-state index in [0.29, 0.717) is 0 Å². The number of para-hydroxylation sites is 1. The van der Waals surface area contributed by atoms with Crippen molar-refractivity contribution in [2.45, 2.75) is 18.3 Å². The third kappa shape index (κ3) is 3.60. The van der Waals surface area contributed by atoms with Crippen LogP contribution in [0.2, 0.25) is 0 Å². The minimum atomic E-state index is -0.434. The number of hydrogen-bond donors (Lipinski definition) is 0. The molecule has 0 N–H and O–H groups in total. The van der Waals surface area contributed by atoms with Crippen LogP contribution in [0.3, 0.4) is 0 Å². The number of benzene rings is 4. The summed E-state index contributed by atoms with van der Waals surface area (Å²) in [5, 5.41) is 9.11. The zero-order valence-electron chi connectivity index (χ0n) is 23.3. The Hall–Kier alpha value is -5.06. The Morgan fingerprint density at radius 2 is 1.26 bits per heavy atom. The molecule has 4 heteroatoms. The van der Waals surface area contributed by atoms with Gasteiger partial charge in [-0.1, -0.05) is 97.1 Å². The van der Waals surface area contributed by atoms with E-state index in [2.05, 4.69) is 144 Å². The number of aromatic nitrogens is 2. The molecular weight excluding hydrogens is 545 g/mol. The van der Waals surface area contributed by atoms with Crippen molar-refractivity contribution in [3.05, 3.63) is 161 Å². The fourth-order valence-electron chi connectivity index (χ4n) is 7.07. The van der Waals surface area contributed by atoms with Crippen molar-refractivity contribution in [1.82, 2.24) is 10.2 Å². The van der Waals surface area contributed by atoms with Crippen molar-refractivity contribution in [2.24, 2.45) is 0 Å². The first-order valence-corrected chi connectivity index (χ1v) is 15.5. The molecule has 0 radical (unpaired) electrons. The smallest absolute Gasteiger partial charge is 0.132 e. The lowest BCUT2D eigenvalue weighted by atomic mass is 9.66. The molecule has 0 saturated heterocycles. The zero-order valence-corrected chi connectivity index (χ0v) is 24.1. The molecule has 0 fully saturated rings. The van der Waals surface area contributed by atoms with E-state index in [1.54, 1.807) is 11.3 Å². The van der Waals surface area contributed by atoms with Crippen LogP contribution in [-0.2, 0) is 5.41 Å². The standard InChI is InChI=1S/C39H26N2OS/c1-2-10-25(11-3-1)33-20-21-34(41-40-33)38-23-22-37(43-38)26-18-19-32-36(24-26)42-35-17-9-8-16-31(35)39(32)29-14-6-4-12-27(29)28-13-5-7-15-30(28)39/h2,4-24H,1,3H2. The normalized spacial score (nSPS) is 15.2. The summed E-state index contributed by atoms with van der Waals surface area (Å²) in [4.78, 5) is 2.27. The van der Waals surface area contributed by atoms with Gasteiger partial charge in [-0.15, -0.1) is 21.5 Å². The summed E-state index contributed by atoms with van der Waals surface area (Å²) in [5.74, 6) is 1.81. The van der Waals surface area contributed by atoms with Crippen molar-refractivity contribution in [3.63, 3.8) is 0 Å². The average Bonchev–Trinajstić information content (AvgIpc) is 3.68. The van der Waals surface area contributed by atoms with E-state index in [1.165, 1.54) is 38.3 Å². The first kappa shape index (κ1) is 24.5. The van der Waals surface area contributed by atoms with Crippen LogP contribution in [0, 0.1) is 0 Å². The molecule has 3 nitrogen and oxygen atoms in total. The summed E-state index contributed by atoms with van der Waals surface area (Å²) in [6, 6.07) is 41.4. The predicted octanol–water partition coefficient (Wildman–Crippen LogP) is 10.1. The number of allylic oxidation sites excluding steroid dienone is 4. The predicted molar refractivity (Wildman–Crippen MR) is 175 cm³/mol. The quantitative estimate of drug-likeness (QED) is 0.212.